The monoisotopic (exact) mass is 260 g/mol. The van der Waals surface area contributed by atoms with Crippen LogP contribution in [0.5, 0.6) is 0 Å². The number of benzene rings is 1. The first-order valence-electron chi connectivity index (χ1n) is 4.92. The second-order valence-electron chi connectivity index (χ2n) is 3.53. The van der Waals surface area contributed by atoms with Crippen LogP contribution in [0.1, 0.15) is 11.7 Å². The third-order valence-electron chi connectivity index (χ3n) is 2.29. The molecule has 3 N–H and O–H groups in total. The van der Waals surface area contributed by atoms with Crippen molar-refractivity contribution in [3.63, 3.8) is 0 Å². The van der Waals surface area contributed by atoms with Crippen molar-refractivity contribution in [2.45, 2.75) is 12.2 Å². The number of likely N-dealkylation sites (N-methyl/N-ethyl adjacent to an activating group) is 1. The minimum Gasteiger partial charge on any atom is -0.389 e. The van der Waals surface area contributed by atoms with Gasteiger partial charge in [0.15, 0.2) is 0 Å². The molecule has 2 unspecified atom stereocenters. The van der Waals surface area contributed by atoms with Crippen LogP contribution in [0.25, 0.3) is 0 Å². The van der Waals surface area contributed by atoms with Crippen LogP contribution in [0.2, 0.25) is 5.02 Å². The van der Waals surface area contributed by atoms with Gasteiger partial charge in [-0.3, -0.25) is 10.1 Å². The molecule has 0 saturated heterocycles. The van der Waals surface area contributed by atoms with Crippen LogP contribution in [0, 0.1) is 10.1 Å². The molecular formula is C10H13ClN2O4. The van der Waals surface area contributed by atoms with Crippen LogP contribution in [-0.2, 0) is 0 Å². The highest BCUT2D eigenvalue weighted by Gasteiger charge is 2.21. The number of non-ortho nitro benzene ring substituents is 1. The summed E-state index contributed by atoms with van der Waals surface area (Å²) in [5.74, 6) is 0. The molecule has 0 radical (unpaired) electrons. The fourth-order valence-electron chi connectivity index (χ4n) is 1.40. The molecule has 0 aliphatic carbocycles. The third-order valence-corrected chi connectivity index (χ3v) is 2.62. The number of nitro groups is 1. The highest BCUT2D eigenvalue weighted by molar-refractivity contribution is 6.31. The second-order valence-corrected chi connectivity index (χ2v) is 3.94. The zero-order chi connectivity index (χ0) is 13.0. The van der Waals surface area contributed by atoms with Crippen molar-refractivity contribution in [3.05, 3.63) is 38.9 Å². The summed E-state index contributed by atoms with van der Waals surface area (Å²) in [5, 5.41) is 32.6. The Morgan fingerprint density at radius 1 is 1.53 bits per heavy atom. The molecule has 0 aliphatic heterocycles. The standard InChI is InChI=1S/C10H13ClN2O4/c1-12-5-9(14)10(15)7-3-2-6(13(16)17)4-8(7)11/h2-4,9-10,12,14-15H,5H2,1H3. The fourth-order valence-corrected chi connectivity index (χ4v) is 1.68. The number of nitro benzene ring substituents is 1. The van der Waals surface area contributed by atoms with Crippen molar-refractivity contribution in [1.29, 1.82) is 0 Å². The second kappa shape index (κ2) is 5.92. The number of nitrogens with zero attached hydrogens (tertiary/aromatic N) is 1. The Balaban J connectivity index is 2.95. The Morgan fingerprint density at radius 2 is 2.18 bits per heavy atom. The average Bonchev–Trinajstić information content (AvgIpc) is 2.28. The lowest BCUT2D eigenvalue weighted by Crippen LogP contribution is -2.29. The Hall–Kier alpha value is -1.21. The smallest absolute Gasteiger partial charge is 0.270 e. The zero-order valence-corrected chi connectivity index (χ0v) is 9.89. The van der Waals surface area contributed by atoms with Crippen molar-refractivity contribution in [2.24, 2.45) is 0 Å². The number of hydrogen-bond acceptors (Lipinski definition) is 5. The highest BCUT2D eigenvalue weighted by atomic mass is 35.5. The molecule has 0 bridgehead atoms. The lowest BCUT2D eigenvalue weighted by molar-refractivity contribution is -0.384. The summed E-state index contributed by atoms with van der Waals surface area (Å²) in [7, 11) is 1.63. The first-order valence-corrected chi connectivity index (χ1v) is 5.29. The molecule has 0 heterocycles. The van der Waals surface area contributed by atoms with E-state index in [-0.39, 0.29) is 22.8 Å². The maximum absolute atomic E-state index is 10.5. The Kier molecular flexibility index (Phi) is 4.83. The van der Waals surface area contributed by atoms with Gasteiger partial charge in [-0.2, -0.15) is 0 Å². The quantitative estimate of drug-likeness (QED) is 0.539. The van der Waals surface area contributed by atoms with Gasteiger partial charge < -0.3 is 15.5 Å². The minimum absolute atomic E-state index is 0.0573. The molecule has 0 saturated carbocycles. The number of nitrogens with one attached hydrogen (secondary N) is 1. The van der Waals surface area contributed by atoms with Crippen LogP contribution in [0.4, 0.5) is 5.69 Å². The van der Waals surface area contributed by atoms with Crippen LogP contribution in [-0.4, -0.2) is 34.8 Å². The Morgan fingerprint density at radius 3 is 2.65 bits per heavy atom. The van der Waals surface area contributed by atoms with Crippen molar-refractivity contribution >= 4 is 17.3 Å². The summed E-state index contributed by atoms with van der Waals surface area (Å²) in [5.41, 5.74) is 0.106. The number of aliphatic hydroxyl groups is 2. The molecule has 6 nitrogen and oxygen atoms in total. The summed E-state index contributed by atoms with van der Waals surface area (Å²) < 4.78 is 0. The molecule has 0 aromatic heterocycles. The van der Waals surface area contributed by atoms with Crippen molar-refractivity contribution < 1.29 is 15.1 Å². The summed E-state index contributed by atoms with van der Waals surface area (Å²) >= 11 is 5.82. The summed E-state index contributed by atoms with van der Waals surface area (Å²) in [4.78, 5) is 9.92. The molecule has 0 spiro atoms. The van der Waals surface area contributed by atoms with Gasteiger partial charge in [-0.15, -0.1) is 0 Å². The van der Waals surface area contributed by atoms with E-state index in [1.165, 1.54) is 12.1 Å². The minimum atomic E-state index is -1.18. The summed E-state index contributed by atoms with van der Waals surface area (Å²) in [6.07, 6.45) is -2.21. The van der Waals surface area contributed by atoms with E-state index >= 15 is 0 Å². The van der Waals surface area contributed by atoms with E-state index in [0.29, 0.717) is 0 Å². The van der Waals surface area contributed by atoms with Gasteiger partial charge in [-0.05, 0) is 13.1 Å². The zero-order valence-electron chi connectivity index (χ0n) is 9.13. The Bertz CT molecular complexity index is 413. The maximum atomic E-state index is 10.5. The van der Waals surface area contributed by atoms with Crippen LogP contribution >= 0.6 is 11.6 Å². The fraction of sp³-hybridized carbons (Fsp3) is 0.400. The number of halogens is 1. The molecule has 1 aromatic rings. The van der Waals surface area contributed by atoms with Gasteiger partial charge in [-0.25, -0.2) is 0 Å². The molecule has 0 amide bonds. The van der Waals surface area contributed by atoms with Gasteiger partial charge in [0.25, 0.3) is 5.69 Å². The molecule has 0 aliphatic rings. The van der Waals surface area contributed by atoms with Crippen LogP contribution in [0.15, 0.2) is 18.2 Å². The third kappa shape index (κ3) is 3.37. The molecular weight excluding hydrogens is 248 g/mol. The van der Waals surface area contributed by atoms with E-state index in [0.717, 1.165) is 6.07 Å². The average molecular weight is 261 g/mol. The van der Waals surface area contributed by atoms with E-state index in [4.69, 9.17) is 11.6 Å². The predicted octanol–water partition coefficient (Wildman–Crippen LogP) is 0.862. The number of rotatable bonds is 5. The molecule has 94 valence electrons. The van der Waals surface area contributed by atoms with Gasteiger partial charge in [0.2, 0.25) is 0 Å². The molecule has 0 fully saturated rings. The van der Waals surface area contributed by atoms with Gasteiger partial charge in [0.05, 0.1) is 16.0 Å². The van der Waals surface area contributed by atoms with Crippen molar-refractivity contribution in [3.8, 4) is 0 Å². The molecule has 2 atom stereocenters. The summed E-state index contributed by atoms with van der Waals surface area (Å²) in [6, 6.07) is 3.72. The predicted molar refractivity (Wildman–Crippen MR) is 63.0 cm³/mol. The lowest BCUT2D eigenvalue weighted by atomic mass is 10.0. The van der Waals surface area contributed by atoms with Gasteiger partial charge in [0.1, 0.15) is 6.10 Å². The number of hydrogen-bond donors (Lipinski definition) is 3. The maximum Gasteiger partial charge on any atom is 0.270 e. The lowest BCUT2D eigenvalue weighted by Gasteiger charge is -2.18. The number of aliphatic hydroxyl groups excluding tert-OH is 2. The van der Waals surface area contributed by atoms with E-state index in [9.17, 15) is 20.3 Å². The topological polar surface area (TPSA) is 95.6 Å². The molecule has 1 rings (SSSR count). The Labute approximate surface area is 103 Å². The highest BCUT2D eigenvalue weighted by Crippen LogP contribution is 2.28. The molecule has 7 heteroatoms. The van der Waals surface area contributed by atoms with Gasteiger partial charge in [0, 0.05) is 24.2 Å². The SMILES string of the molecule is CNCC(O)C(O)c1ccc([N+](=O)[O-])cc1Cl. The van der Waals surface area contributed by atoms with E-state index in [2.05, 4.69) is 5.32 Å². The summed E-state index contributed by atoms with van der Waals surface area (Å²) in [6.45, 7) is 0.189. The molecule has 17 heavy (non-hydrogen) atoms. The molecule has 1 aromatic carbocycles. The van der Waals surface area contributed by atoms with Crippen LogP contribution in [0.3, 0.4) is 0 Å². The van der Waals surface area contributed by atoms with E-state index in [1.807, 2.05) is 0 Å². The van der Waals surface area contributed by atoms with Crippen molar-refractivity contribution in [1.82, 2.24) is 5.32 Å². The normalized spacial score (nSPS) is 14.4. The van der Waals surface area contributed by atoms with E-state index < -0.39 is 17.1 Å². The van der Waals surface area contributed by atoms with Crippen LogP contribution < -0.4 is 5.32 Å². The first kappa shape index (κ1) is 13.9. The first-order chi connectivity index (χ1) is 7.97. The van der Waals surface area contributed by atoms with E-state index in [1.54, 1.807) is 7.05 Å². The van der Waals surface area contributed by atoms with Gasteiger partial charge >= 0.3 is 0 Å². The van der Waals surface area contributed by atoms with Crippen molar-refractivity contribution in [2.75, 3.05) is 13.6 Å². The van der Waals surface area contributed by atoms with Gasteiger partial charge in [-0.1, -0.05) is 11.6 Å². The largest absolute Gasteiger partial charge is 0.389 e.